The van der Waals surface area contributed by atoms with Gasteiger partial charge >= 0.3 is 5.97 Å². The number of rotatable bonds is 9. The zero-order valence-electron chi connectivity index (χ0n) is 20.0. The highest BCUT2D eigenvalue weighted by Gasteiger charge is 2.29. The third kappa shape index (κ3) is 6.60. The van der Waals surface area contributed by atoms with E-state index in [0.29, 0.717) is 34.0 Å². The second kappa shape index (κ2) is 11.1. The first kappa shape index (κ1) is 25.8. The van der Waals surface area contributed by atoms with E-state index in [0.717, 1.165) is 10.6 Å². The molecule has 0 fully saturated rings. The maximum atomic E-state index is 13.0. The molecule has 0 spiro atoms. The van der Waals surface area contributed by atoms with Gasteiger partial charge in [0.25, 0.3) is 0 Å². The first-order valence-electron chi connectivity index (χ1n) is 11.0. The molecule has 1 amide bonds. The Morgan fingerprint density at radius 1 is 0.971 bits per heavy atom. The van der Waals surface area contributed by atoms with Gasteiger partial charge in [-0.15, -0.1) is 0 Å². The predicted molar refractivity (Wildman–Crippen MR) is 136 cm³/mol. The van der Waals surface area contributed by atoms with Crippen LogP contribution >= 0.6 is 0 Å². The molecule has 9 heteroatoms. The SMILES string of the molecule is CCOC(=O)c1ccc(NC(=O)C(C)N(c2ccc(Oc3ccccc3)cc2)S(C)(=O)=O)c(C)c1. The smallest absolute Gasteiger partial charge is 0.338 e. The number of nitrogens with zero attached hydrogens (tertiary/aromatic N) is 1. The quantitative estimate of drug-likeness (QED) is 0.429. The van der Waals surface area contributed by atoms with Crippen molar-refractivity contribution in [3.63, 3.8) is 0 Å². The highest BCUT2D eigenvalue weighted by molar-refractivity contribution is 7.92. The number of anilines is 2. The predicted octanol–water partition coefficient (Wildman–Crippen LogP) is 4.76. The molecule has 1 atom stereocenters. The fourth-order valence-corrected chi connectivity index (χ4v) is 4.65. The van der Waals surface area contributed by atoms with Crippen LogP contribution in [0, 0.1) is 6.92 Å². The van der Waals surface area contributed by atoms with E-state index in [4.69, 9.17) is 9.47 Å². The normalized spacial score (nSPS) is 11.9. The molecule has 0 saturated carbocycles. The van der Waals surface area contributed by atoms with E-state index in [1.165, 1.54) is 6.92 Å². The Hall–Kier alpha value is -3.85. The van der Waals surface area contributed by atoms with Crippen molar-refractivity contribution in [3.05, 3.63) is 83.9 Å². The third-order valence-electron chi connectivity index (χ3n) is 5.15. The lowest BCUT2D eigenvalue weighted by atomic mass is 10.1. The van der Waals surface area contributed by atoms with Gasteiger partial charge in [0, 0.05) is 5.69 Å². The number of esters is 1. The van der Waals surface area contributed by atoms with Crippen molar-refractivity contribution in [2.45, 2.75) is 26.8 Å². The number of carbonyl (C=O) groups is 2. The number of sulfonamides is 1. The maximum Gasteiger partial charge on any atom is 0.338 e. The molecule has 0 bridgehead atoms. The first-order chi connectivity index (χ1) is 16.6. The van der Waals surface area contributed by atoms with Gasteiger partial charge in [0.2, 0.25) is 15.9 Å². The number of aryl methyl sites for hydroxylation is 1. The van der Waals surface area contributed by atoms with E-state index < -0.39 is 27.9 Å². The third-order valence-corrected chi connectivity index (χ3v) is 6.40. The molecule has 1 unspecified atom stereocenters. The van der Waals surface area contributed by atoms with Gasteiger partial charge in [-0.2, -0.15) is 0 Å². The molecule has 184 valence electrons. The van der Waals surface area contributed by atoms with Crippen LogP contribution in [0.5, 0.6) is 11.5 Å². The molecule has 3 aromatic carbocycles. The molecule has 35 heavy (non-hydrogen) atoms. The standard InChI is InChI=1S/C26H28N2O6S/c1-5-33-26(30)20-11-16-24(18(2)17-20)27-25(29)19(3)28(35(4,31)32)21-12-14-23(15-13-21)34-22-9-7-6-8-10-22/h6-17,19H,5H2,1-4H3,(H,27,29). The van der Waals surface area contributed by atoms with E-state index in [2.05, 4.69) is 5.32 Å². The van der Waals surface area contributed by atoms with Crippen molar-refractivity contribution >= 4 is 33.3 Å². The number of amides is 1. The number of hydrogen-bond acceptors (Lipinski definition) is 6. The molecule has 8 nitrogen and oxygen atoms in total. The van der Waals surface area contributed by atoms with Gasteiger partial charge in [-0.05, 0) is 80.9 Å². The molecule has 3 aromatic rings. The summed E-state index contributed by atoms with van der Waals surface area (Å²) in [6.07, 6.45) is 1.05. The lowest BCUT2D eigenvalue weighted by Gasteiger charge is -2.28. The molecule has 1 N–H and O–H groups in total. The highest BCUT2D eigenvalue weighted by atomic mass is 32.2. The lowest BCUT2D eigenvalue weighted by Crippen LogP contribution is -2.45. The van der Waals surface area contributed by atoms with E-state index in [1.807, 2.05) is 30.3 Å². The molecule has 3 rings (SSSR count). The molecule has 0 saturated heterocycles. The summed E-state index contributed by atoms with van der Waals surface area (Å²) in [6.45, 7) is 5.22. The zero-order chi connectivity index (χ0) is 25.6. The van der Waals surface area contributed by atoms with Crippen molar-refractivity contribution in [3.8, 4) is 11.5 Å². The second-order valence-electron chi connectivity index (χ2n) is 7.88. The van der Waals surface area contributed by atoms with Crippen LogP contribution in [0.3, 0.4) is 0 Å². The Morgan fingerprint density at radius 2 is 1.60 bits per heavy atom. The van der Waals surface area contributed by atoms with E-state index in [1.54, 1.807) is 56.3 Å². The Bertz CT molecular complexity index is 1290. The molecule has 0 aliphatic rings. The number of benzene rings is 3. The van der Waals surface area contributed by atoms with Crippen molar-refractivity contribution in [1.29, 1.82) is 0 Å². The number of carbonyl (C=O) groups excluding carboxylic acids is 2. The van der Waals surface area contributed by atoms with Crippen LogP contribution in [0.1, 0.15) is 29.8 Å². The van der Waals surface area contributed by atoms with Crippen LogP contribution in [0.4, 0.5) is 11.4 Å². The summed E-state index contributed by atoms with van der Waals surface area (Å²) in [5.41, 5.74) is 1.80. The molecule has 0 radical (unpaired) electrons. The highest BCUT2D eigenvalue weighted by Crippen LogP contribution is 2.27. The average molecular weight is 497 g/mol. The summed E-state index contributed by atoms with van der Waals surface area (Å²) < 4.78 is 37.0. The van der Waals surface area contributed by atoms with Crippen molar-refractivity contribution in [2.75, 3.05) is 22.5 Å². The zero-order valence-corrected chi connectivity index (χ0v) is 20.8. The Balaban J connectivity index is 1.78. The number of nitrogens with one attached hydrogen (secondary N) is 1. The molecule has 0 heterocycles. The minimum Gasteiger partial charge on any atom is -0.462 e. The topological polar surface area (TPSA) is 102 Å². The second-order valence-corrected chi connectivity index (χ2v) is 9.74. The van der Waals surface area contributed by atoms with Gasteiger partial charge < -0.3 is 14.8 Å². The summed E-state index contributed by atoms with van der Waals surface area (Å²) in [5, 5.41) is 2.75. The van der Waals surface area contributed by atoms with Crippen LogP contribution < -0.4 is 14.4 Å². The van der Waals surface area contributed by atoms with Gasteiger partial charge in [-0.25, -0.2) is 13.2 Å². The van der Waals surface area contributed by atoms with E-state index in [9.17, 15) is 18.0 Å². The van der Waals surface area contributed by atoms with Crippen LogP contribution in [0.25, 0.3) is 0 Å². The van der Waals surface area contributed by atoms with Crippen LogP contribution in [-0.4, -0.2) is 39.2 Å². The minimum absolute atomic E-state index is 0.259. The number of para-hydroxylation sites is 1. The van der Waals surface area contributed by atoms with Crippen molar-refractivity contribution < 1.29 is 27.5 Å². The van der Waals surface area contributed by atoms with E-state index >= 15 is 0 Å². The summed E-state index contributed by atoms with van der Waals surface area (Å²) in [4.78, 5) is 25.0. The van der Waals surface area contributed by atoms with Crippen LogP contribution in [0.15, 0.2) is 72.8 Å². The maximum absolute atomic E-state index is 13.0. The number of ether oxygens (including phenoxy) is 2. The van der Waals surface area contributed by atoms with Gasteiger partial charge in [0.05, 0.1) is 24.1 Å². The molecule has 0 aliphatic heterocycles. The van der Waals surface area contributed by atoms with Gasteiger partial charge in [0.1, 0.15) is 17.5 Å². The summed E-state index contributed by atoms with van der Waals surface area (Å²) in [7, 11) is -3.79. The number of hydrogen-bond donors (Lipinski definition) is 1. The van der Waals surface area contributed by atoms with Gasteiger partial charge in [0.15, 0.2) is 0 Å². The van der Waals surface area contributed by atoms with E-state index in [-0.39, 0.29) is 6.61 Å². The summed E-state index contributed by atoms with van der Waals surface area (Å²) in [5.74, 6) is 0.205. The summed E-state index contributed by atoms with van der Waals surface area (Å²) >= 11 is 0. The van der Waals surface area contributed by atoms with Crippen molar-refractivity contribution in [1.82, 2.24) is 0 Å². The van der Waals surface area contributed by atoms with Gasteiger partial charge in [-0.1, -0.05) is 18.2 Å². The molecular weight excluding hydrogens is 468 g/mol. The lowest BCUT2D eigenvalue weighted by molar-refractivity contribution is -0.116. The Morgan fingerprint density at radius 3 is 2.17 bits per heavy atom. The first-order valence-corrected chi connectivity index (χ1v) is 12.9. The van der Waals surface area contributed by atoms with Gasteiger partial charge in [-0.3, -0.25) is 9.10 Å². The van der Waals surface area contributed by atoms with Crippen molar-refractivity contribution in [2.24, 2.45) is 0 Å². The van der Waals surface area contributed by atoms with Crippen LogP contribution in [0.2, 0.25) is 0 Å². The monoisotopic (exact) mass is 496 g/mol. The van der Waals surface area contributed by atoms with Crippen LogP contribution in [-0.2, 0) is 19.6 Å². The fourth-order valence-electron chi connectivity index (χ4n) is 3.48. The Kier molecular flexibility index (Phi) is 8.14. The average Bonchev–Trinajstić information content (AvgIpc) is 2.81. The molecular formula is C26H28N2O6S. The Labute approximate surface area is 205 Å². The summed E-state index contributed by atoms with van der Waals surface area (Å²) in [6, 6.07) is 19.4. The minimum atomic E-state index is -3.79. The largest absolute Gasteiger partial charge is 0.462 e. The fraction of sp³-hybridized carbons (Fsp3) is 0.231. The molecule has 0 aliphatic carbocycles. The molecule has 0 aromatic heterocycles.